The van der Waals surface area contributed by atoms with Gasteiger partial charge in [-0.25, -0.2) is 0 Å². The fraction of sp³-hybridized carbons (Fsp3) is 0.0323. The quantitative estimate of drug-likeness (QED) is 0.302. The third kappa shape index (κ3) is 3.71. The number of fused-ring (bicyclic) bond motifs is 6. The van der Waals surface area contributed by atoms with Crippen molar-refractivity contribution in [3.05, 3.63) is 126 Å². The summed E-state index contributed by atoms with van der Waals surface area (Å²) in [6.45, 7) is 0. The number of nitrogens with zero attached hydrogens (tertiary/aromatic N) is 9. The lowest BCUT2D eigenvalue weighted by atomic mass is 10.0. The Hall–Kier alpha value is -5.70. The van der Waals surface area contributed by atoms with Crippen molar-refractivity contribution in [3.63, 3.8) is 0 Å². The maximum absolute atomic E-state index is 4.93. The largest absolute Gasteiger partial charge is 0.260 e. The molecule has 0 atom stereocenters. The van der Waals surface area contributed by atoms with Crippen molar-refractivity contribution >= 4 is 17.3 Å². The van der Waals surface area contributed by atoms with Crippen molar-refractivity contribution in [2.45, 2.75) is 6.42 Å². The van der Waals surface area contributed by atoms with E-state index in [9.17, 15) is 0 Å². The number of benzene rings is 4. The Kier molecular flexibility index (Phi) is 4.99. The van der Waals surface area contributed by atoms with Gasteiger partial charge in [-0.2, -0.15) is 28.5 Å². The molecular formula is C31H21N9. The lowest BCUT2D eigenvalue weighted by Crippen LogP contribution is -2.06. The van der Waals surface area contributed by atoms with Gasteiger partial charge in [-0.1, -0.05) is 109 Å². The van der Waals surface area contributed by atoms with Gasteiger partial charge in [0.15, 0.2) is 17.5 Å². The first-order chi connectivity index (χ1) is 19.8. The number of aromatic nitrogens is 9. The third-order valence-electron chi connectivity index (χ3n) is 6.84. The highest BCUT2D eigenvalue weighted by atomic mass is 15.5. The fourth-order valence-corrected chi connectivity index (χ4v) is 4.92. The molecule has 0 saturated heterocycles. The van der Waals surface area contributed by atoms with Crippen LogP contribution in [0.15, 0.2) is 115 Å². The van der Waals surface area contributed by atoms with Gasteiger partial charge in [-0.15, -0.1) is 15.3 Å². The van der Waals surface area contributed by atoms with Gasteiger partial charge in [0.1, 0.15) is 0 Å². The summed E-state index contributed by atoms with van der Waals surface area (Å²) in [5.74, 6) is 3.24. The van der Waals surface area contributed by atoms with Crippen LogP contribution in [0.4, 0.5) is 0 Å². The minimum atomic E-state index is 0.507. The van der Waals surface area contributed by atoms with E-state index in [0.29, 0.717) is 34.8 Å². The molecule has 0 aliphatic carbocycles. The molecule has 0 saturated carbocycles. The molecule has 0 aliphatic heterocycles. The van der Waals surface area contributed by atoms with E-state index in [4.69, 9.17) is 30.2 Å². The Morgan fingerprint density at radius 3 is 1.30 bits per heavy atom. The summed E-state index contributed by atoms with van der Waals surface area (Å²) < 4.78 is 5.05. The van der Waals surface area contributed by atoms with Crippen LogP contribution in [0.5, 0.6) is 0 Å². The van der Waals surface area contributed by atoms with Crippen molar-refractivity contribution in [1.29, 1.82) is 0 Å². The average Bonchev–Trinajstić information content (AvgIpc) is 3.76. The molecular weight excluding hydrogens is 498 g/mol. The van der Waals surface area contributed by atoms with Crippen molar-refractivity contribution < 1.29 is 0 Å². The van der Waals surface area contributed by atoms with Gasteiger partial charge in [0.05, 0.1) is 0 Å². The minimum Gasteiger partial charge on any atom is -0.189 e. The van der Waals surface area contributed by atoms with Gasteiger partial charge in [0.2, 0.25) is 0 Å². The first-order valence-electron chi connectivity index (χ1n) is 13.0. The molecule has 4 aromatic carbocycles. The summed E-state index contributed by atoms with van der Waals surface area (Å²) in [5.41, 5.74) is 5.14. The highest BCUT2D eigenvalue weighted by Crippen LogP contribution is 2.24. The molecule has 0 bridgehead atoms. The normalized spacial score (nSPS) is 11.6. The van der Waals surface area contributed by atoms with Crippen molar-refractivity contribution in [3.8, 4) is 34.2 Å². The van der Waals surface area contributed by atoms with E-state index in [1.807, 2.05) is 78.9 Å². The van der Waals surface area contributed by atoms with Gasteiger partial charge in [0.25, 0.3) is 17.3 Å². The molecule has 0 fully saturated rings. The monoisotopic (exact) mass is 519 g/mol. The Morgan fingerprint density at radius 2 is 0.800 bits per heavy atom. The molecule has 190 valence electrons. The van der Waals surface area contributed by atoms with Gasteiger partial charge >= 0.3 is 0 Å². The molecule has 8 rings (SSSR count). The highest BCUT2D eigenvalue weighted by molar-refractivity contribution is 5.65. The summed E-state index contributed by atoms with van der Waals surface area (Å²) >= 11 is 0. The highest BCUT2D eigenvalue weighted by Gasteiger charge is 2.21. The van der Waals surface area contributed by atoms with E-state index in [1.165, 1.54) is 11.1 Å². The van der Waals surface area contributed by atoms with Gasteiger partial charge < -0.3 is 0 Å². The zero-order valence-electron chi connectivity index (χ0n) is 21.2. The second kappa shape index (κ2) is 8.95. The second-order valence-corrected chi connectivity index (χ2v) is 9.54. The topological polar surface area (TPSA) is 90.6 Å². The predicted octanol–water partition coefficient (Wildman–Crippen LogP) is 5.41. The third-order valence-corrected chi connectivity index (χ3v) is 6.84. The summed E-state index contributed by atoms with van der Waals surface area (Å²) in [7, 11) is 0. The molecule has 9 nitrogen and oxygen atoms in total. The van der Waals surface area contributed by atoms with Crippen molar-refractivity contribution in [2.24, 2.45) is 0 Å². The van der Waals surface area contributed by atoms with Crippen LogP contribution in [0.1, 0.15) is 11.1 Å². The van der Waals surface area contributed by atoms with E-state index in [0.717, 1.165) is 23.1 Å². The summed E-state index contributed by atoms with van der Waals surface area (Å²) in [4.78, 5) is 14.6. The maximum atomic E-state index is 4.93. The Labute approximate surface area is 228 Å². The van der Waals surface area contributed by atoms with Gasteiger partial charge in [-0.05, 0) is 23.6 Å². The van der Waals surface area contributed by atoms with Crippen LogP contribution in [-0.2, 0) is 6.42 Å². The minimum absolute atomic E-state index is 0.507. The maximum Gasteiger partial charge on any atom is 0.260 e. The van der Waals surface area contributed by atoms with Crippen LogP contribution in [0.3, 0.4) is 0 Å². The van der Waals surface area contributed by atoms with Crippen LogP contribution < -0.4 is 0 Å². The van der Waals surface area contributed by atoms with E-state index in [-0.39, 0.29) is 0 Å². The molecule has 0 aliphatic rings. The smallest absolute Gasteiger partial charge is 0.189 e. The molecule has 0 amide bonds. The number of hydrogen-bond acceptors (Lipinski definition) is 6. The van der Waals surface area contributed by atoms with E-state index >= 15 is 0 Å². The zero-order chi connectivity index (χ0) is 26.5. The fourth-order valence-electron chi connectivity index (χ4n) is 4.92. The number of rotatable bonds is 5. The van der Waals surface area contributed by atoms with Gasteiger partial charge in [0, 0.05) is 16.7 Å². The molecule has 0 radical (unpaired) electrons. The van der Waals surface area contributed by atoms with Crippen LogP contribution >= 0.6 is 0 Å². The molecule has 4 aromatic heterocycles. The summed E-state index contributed by atoms with van der Waals surface area (Å²) in [6, 6.07) is 38.4. The van der Waals surface area contributed by atoms with Crippen LogP contribution in [0.2, 0.25) is 0 Å². The van der Waals surface area contributed by atoms with E-state index < -0.39 is 0 Å². The summed E-state index contributed by atoms with van der Waals surface area (Å²) in [5, 5.41) is 14.5. The zero-order valence-corrected chi connectivity index (χ0v) is 21.2. The Balaban J connectivity index is 1.34. The standard InChI is InChI=1S/C31H21N9/c1-4-11-21(12-5-1)19-22-13-10-18-25(20-22)28-34-31-39-29(32-26(36-39)23-14-6-2-7-15-23)38-30(40(31)37-28)33-27(35-38)24-16-8-3-9-17-24/h1-18,20H,19H2. The molecule has 9 heteroatoms. The van der Waals surface area contributed by atoms with Crippen LogP contribution in [0.25, 0.3) is 51.5 Å². The number of hydrogen-bond donors (Lipinski definition) is 0. The van der Waals surface area contributed by atoms with Gasteiger partial charge in [-0.3, -0.25) is 0 Å². The molecule has 8 aromatic rings. The van der Waals surface area contributed by atoms with Crippen LogP contribution in [0, 0.1) is 0 Å². The molecule has 0 unspecified atom stereocenters. The lowest BCUT2D eigenvalue weighted by molar-refractivity contribution is 0.817. The second-order valence-electron chi connectivity index (χ2n) is 9.54. The molecule has 40 heavy (non-hydrogen) atoms. The first-order valence-corrected chi connectivity index (χ1v) is 13.0. The van der Waals surface area contributed by atoms with Crippen LogP contribution in [-0.4, -0.2) is 43.8 Å². The van der Waals surface area contributed by atoms with Crippen molar-refractivity contribution in [1.82, 2.24) is 43.8 Å². The summed E-state index contributed by atoms with van der Waals surface area (Å²) in [6.07, 6.45) is 0.824. The lowest BCUT2D eigenvalue weighted by Gasteiger charge is -2.03. The average molecular weight is 520 g/mol. The Morgan fingerprint density at radius 1 is 0.400 bits per heavy atom. The molecule has 0 N–H and O–H groups in total. The molecule has 0 spiro atoms. The SMILES string of the molecule is c1ccc(Cc2cccc(-c3nc4n5nc(-c6ccccc6)nc5n5nc(-c6ccccc6)nc5n4n3)c2)cc1. The molecule has 4 heterocycles. The van der Waals surface area contributed by atoms with E-state index in [2.05, 4.69) is 36.4 Å². The van der Waals surface area contributed by atoms with E-state index in [1.54, 1.807) is 13.5 Å². The Bertz CT molecular complexity index is 2020. The first kappa shape index (κ1) is 22.3. The van der Waals surface area contributed by atoms with Crippen molar-refractivity contribution in [2.75, 3.05) is 0 Å². The predicted molar refractivity (Wildman–Crippen MR) is 152 cm³/mol.